The first kappa shape index (κ1) is 12.7. The van der Waals surface area contributed by atoms with Crippen molar-refractivity contribution in [3.8, 4) is 0 Å². The monoisotopic (exact) mass is 268 g/mol. The third kappa shape index (κ3) is 2.36. The van der Waals surface area contributed by atoms with Crippen molar-refractivity contribution < 1.29 is 4.39 Å². The van der Waals surface area contributed by atoms with Crippen molar-refractivity contribution in [3.05, 3.63) is 71.8 Å². The van der Waals surface area contributed by atoms with Gasteiger partial charge in [-0.3, -0.25) is 10.8 Å². The maximum Gasteiger partial charge on any atom is 0.123 e. The summed E-state index contributed by atoms with van der Waals surface area (Å²) < 4.78 is 13.3. The average Bonchev–Trinajstić information content (AvgIpc) is 2.48. The minimum absolute atomic E-state index is 0.309. The second-order valence-corrected chi connectivity index (χ2v) is 4.44. The van der Waals surface area contributed by atoms with Crippen LogP contribution in [0.4, 0.5) is 4.39 Å². The molecule has 1 unspecified atom stereocenters. The van der Waals surface area contributed by atoms with Crippen LogP contribution in [0, 0.1) is 5.82 Å². The number of hydrazine groups is 1. The molecule has 3 N–H and O–H groups in total. The number of fused-ring (bicyclic) bond motifs is 1. The zero-order chi connectivity index (χ0) is 13.9. The second kappa shape index (κ2) is 5.32. The molecular weight excluding hydrogens is 255 g/mol. The Balaban J connectivity index is 2.07. The number of hydrogen-bond donors (Lipinski definition) is 2. The van der Waals surface area contributed by atoms with Crippen LogP contribution in [-0.2, 0) is 0 Å². The van der Waals surface area contributed by atoms with Gasteiger partial charge in [0.25, 0.3) is 0 Å². The van der Waals surface area contributed by atoms with Crippen LogP contribution >= 0.6 is 0 Å². The Hall–Kier alpha value is -2.37. The van der Waals surface area contributed by atoms with Crippen molar-refractivity contribution in [1.29, 1.82) is 0 Å². The maximum atomic E-state index is 13.3. The quantitative estimate of drug-likeness (QED) is 0.565. The van der Waals surface area contributed by atoms with Crippen LogP contribution in [0.15, 0.2) is 54.7 Å². The summed E-state index contributed by atoms with van der Waals surface area (Å²) in [6.07, 6.45) is 1.65. The first-order valence-corrected chi connectivity index (χ1v) is 6.21. The molecule has 0 aliphatic heterocycles. The lowest BCUT2D eigenvalue weighted by molar-refractivity contribution is 0.598. The van der Waals surface area contributed by atoms with Crippen molar-refractivity contribution in [2.24, 2.45) is 5.84 Å². The van der Waals surface area contributed by atoms with Crippen molar-refractivity contribution in [3.63, 3.8) is 0 Å². The number of para-hydroxylation sites is 2. The molecule has 0 bridgehead atoms. The predicted molar refractivity (Wildman–Crippen MR) is 75.1 cm³/mol. The van der Waals surface area contributed by atoms with Gasteiger partial charge in [0.2, 0.25) is 0 Å². The molecule has 0 saturated carbocycles. The van der Waals surface area contributed by atoms with Crippen molar-refractivity contribution in [1.82, 2.24) is 15.4 Å². The van der Waals surface area contributed by atoms with E-state index in [9.17, 15) is 4.39 Å². The van der Waals surface area contributed by atoms with Crippen LogP contribution in [0.5, 0.6) is 0 Å². The molecule has 0 aliphatic rings. The highest BCUT2D eigenvalue weighted by molar-refractivity contribution is 5.73. The smallest absolute Gasteiger partial charge is 0.123 e. The van der Waals surface area contributed by atoms with E-state index in [1.807, 2.05) is 24.3 Å². The van der Waals surface area contributed by atoms with Gasteiger partial charge in [0.1, 0.15) is 5.82 Å². The van der Waals surface area contributed by atoms with Crippen LogP contribution in [0.3, 0.4) is 0 Å². The normalized spacial score (nSPS) is 12.5. The van der Waals surface area contributed by atoms with E-state index >= 15 is 0 Å². The van der Waals surface area contributed by atoms with Gasteiger partial charge in [0.15, 0.2) is 0 Å². The Kier molecular flexibility index (Phi) is 3.37. The van der Waals surface area contributed by atoms with E-state index in [4.69, 9.17) is 5.84 Å². The van der Waals surface area contributed by atoms with E-state index in [1.165, 1.54) is 12.1 Å². The van der Waals surface area contributed by atoms with Gasteiger partial charge >= 0.3 is 0 Å². The van der Waals surface area contributed by atoms with Crippen LogP contribution in [0.1, 0.15) is 17.3 Å². The van der Waals surface area contributed by atoms with Crippen LogP contribution < -0.4 is 11.3 Å². The van der Waals surface area contributed by atoms with E-state index in [0.29, 0.717) is 11.3 Å². The number of hydrogen-bond acceptors (Lipinski definition) is 4. The fourth-order valence-electron chi connectivity index (χ4n) is 2.15. The lowest BCUT2D eigenvalue weighted by atomic mass is 10.0. The molecule has 2 aromatic carbocycles. The van der Waals surface area contributed by atoms with Gasteiger partial charge in [-0.05, 0) is 29.8 Å². The molecular formula is C15H13FN4. The molecule has 0 aliphatic carbocycles. The number of nitrogens with one attached hydrogen (secondary N) is 1. The van der Waals surface area contributed by atoms with Gasteiger partial charge in [-0.1, -0.05) is 24.3 Å². The Morgan fingerprint density at radius 2 is 1.85 bits per heavy atom. The Morgan fingerprint density at radius 1 is 1.05 bits per heavy atom. The highest BCUT2D eigenvalue weighted by Crippen LogP contribution is 2.21. The Labute approximate surface area is 115 Å². The third-order valence-electron chi connectivity index (χ3n) is 3.11. The number of rotatable bonds is 3. The summed E-state index contributed by atoms with van der Waals surface area (Å²) in [5.41, 5.74) is 5.60. The van der Waals surface area contributed by atoms with Gasteiger partial charge in [0.05, 0.1) is 29.0 Å². The largest absolute Gasteiger partial charge is 0.271 e. The number of benzene rings is 2. The minimum Gasteiger partial charge on any atom is -0.271 e. The molecule has 0 saturated heterocycles. The van der Waals surface area contributed by atoms with E-state index in [0.717, 1.165) is 11.0 Å². The fraction of sp³-hybridized carbons (Fsp3) is 0.0667. The zero-order valence-electron chi connectivity index (χ0n) is 10.6. The lowest BCUT2D eigenvalue weighted by Gasteiger charge is -2.16. The SMILES string of the molecule is NNC(c1cccc(F)c1)c1cnc2ccccc2n1. The molecule has 1 atom stereocenters. The van der Waals surface area contributed by atoms with Gasteiger partial charge in [-0.25, -0.2) is 14.8 Å². The van der Waals surface area contributed by atoms with Gasteiger partial charge in [-0.2, -0.15) is 0 Å². The molecule has 100 valence electrons. The summed E-state index contributed by atoms with van der Waals surface area (Å²) in [5, 5.41) is 0. The Morgan fingerprint density at radius 3 is 2.60 bits per heavy atom. The molecule has 0 fully saturated rings. The standard InChI is InChI=1S/C15H13FN4/c16-11-5-3-4-10(8-11)15(20-17)14-9-18-12-6-1-2-7-13(12)19-14/h1-9,15,20H,17H2. The topological polar surface area (TPSA) is 63.8 Å². The fourth-order valence-corrected chi connectivity index (χ4v) is 2.15. The molecule has 0 radical (unpaired) electrons. The van der Waals surface area contributed by atoms with E-state index in [1.54, 1.807) is 18.3 Å². The number of halogens is 1. The first-order chi connectivity index (χ1) is 9.78. The van der Waals surface area contributed by atoms with Crippen LogP contribution in [-0.4, -0.2) is 9.97 Å². The molecule has 3 aromatic rings. The maximum absolute atomic E-state index is 13.3. The first-order valence-electron chi connectivity index (χ1n) is 6.21. The van der Waals surface area contributed by atoms with Crippen molar-refractivity contribution >= 4 is 11.0 Å². The third-order valence-corrected chi connectivity index (χ3v) is 3.11. The zero-order valence-corrected chi connectivity index (χ0v) is 10.6. The van der Waals surface area contributed by atoms with Gasteiger partial charge in [0, 0.05) is 0 Å². The van der Waals surface area contributed by atoms with Gasteiger partial charge in [-0.15, -0.1) is 0 Å². The summed E-state index contributed by atoms with van der Waals surface area (Å²) in [4.78, 5) is 8.87. The molecule has 5 heteroatoms. The minimum atomic E-state index is -0.400. The molecule has 1 heterocycles. The number of nitrogens with two attached hydrogens (primary N) is 1. The van der Waals surface area contributed by atoms with Crippen LogP contribution in [0.2, 0.25) is 0 Å². The summed E-state index contributed by atoms with van der Waals surface area (Å²) in [6.45, 7) is 0. The molecule has 20 heavy (non-hydrogen) atoms. The van der Waals surface area contributed by atoms with Gasteiger partial charge < -0.3 is 0 Å². The van der Waals surface area contributed by atoms with E-state index in [-0.39, 0.29) is 5.82 Å². The summed E-state index contributed by atoms with van der Waals surface area (Å²) in [5.74, 6) is 5.28. The second-order valence-electron chi connectivity index (χ2n) is 4.44. The number of aromatic nitrogens is 2. The molecule has 0 amide bonds. The summed E-state index contributed by atoms with van der Waals surface area (Å²) in [6, 6.07) is 13.4. The van der Waals surface area contributed by atoms with Crippen molar-refractivity contribution in [2.45, 2.75) is 6.04 Å². The highest BCUT2D eigenvalue weighted by atomic mass is 19.1. The van der Waals surface area contributed by atoms with Crippen molar-refractivity contribution in [2.75, 3.05) is 0 Å². The average molecular weight is 268 g/mol. The molecule has 1 aromatic heterocycles. The van der Waals surface area contributed by atoms with E-state index < -0.39 is 6.04 Å². The Bertz CT molecular complexity index is 745. The molecule has 3 rings (SSSR count). The predicted octanol–water partition coefficient (Wildman–Crippen LogP) is 2.32. The molecule has 4 nitrogen and oxygen atoms in total. The summed E-state index contributed by atoms with van der Waals surface area (Å²) >= 11 is 0. The molecule has 0 spiro atoms. The van der Waals surface area contributed by atoms with Crippen LogP contribution in [0.25, 0.3) is 11.0 Å². The van der Waals surface area contributed by atoms with E-state index in [2.05, 4.69) is 15.4 Å². The number of nitrogens with zero attached hydrogens (tertiary/aromatic N) is 2. The summed E-state index contributed by atoms with van der Waals surface area (Å²) in [7, 11) is 0. The highest BCUT2D eigenvalue weighted by Gasteiger charge is 2.15. The lowest BCUT2D eigenvalue weighted by Crippen LogP contribution is -2.29.